The van der Waals surface area contributed by atoms with E-state index in [0.717, 1.165) is 12.0 Å². The summed E-state index contributed by atoms with van der Waals surface area (Å²) in [7, 11) is 0. The fourth-order valence-corrected chi connectivity index (χ4v) is 2.02. The number of aromatic nitrogens is 2. The van der Waals surface area contributed by atoms with Gasteiger partial charge in [0.05, 0.1) is 5.41 Å². The van der Waals surface area contributed by atoms with E-state index in [1.54, 1.807) is 6.07 Å². The van der Waals surface area contributed by atoms with Crippen LogP contribution in [0.2, 0.25) is 5.02 Å². The first-order chi connectivity index (χ1) is 9.48. The molecule has 0 radical (unpaired) electrons. The van der Waals surface area contributed by atoms with Crippen LogP contribution in [0.1, 0.15) is 37.5 Å². The average molecular weight is 298 g/mol. The lowest BCUT2D eigenvalue weighted by molar-refractivity contribution is 0.289. The van der Waals surface area contributed by atoms with Crippen molar-refractivity contribution in [2.24, 2.45) is 5.73 Å². The Hall–Kier alpha value is -1.46. The molecule has 2 aromatic rings. The van der Waals surface area contributed by atoms with Crippen molar-refractivity contribution in [3.8, 4) is 0 Å². The number of hydrogen-bond donors (Lipinski definition) is 1. The van der Waals surface area contributed by atoms with Crippen molar-refractivity contribution in [2.75, 3.05) is 6.54 Å². The second kappa shape index (κ2) is 5.89. The van der Waals surface area contributed by atoms with Gasteiger partial charge in [-0.05, 0) is 31.0 Å². The summed E-state index contributed by atoms with van der Waals surface area (Å²) in [6, 6.07) is 4.25. The lowest BCUT2D eigenvalue weighted by Crippen LogP contribution is -2.31. The van der Waals surface area contributed by atoms with Crippen LogP contribution in [0.4, 0.5) is 4.39 Å². The van der Waals surface area contributed by atoms with E-state index in [1.807, 2.05) is 13.8 Å². The molecule has 1 aromatic heterocycles. The molecule has 0 spiro atoms. The van der Waals surface area contributed by atoms with Crippen LogP contribution in [0.5, 0.6) is 0 Å². The van der Waals surface area contributed by atoms with Crippen molar-refractivity contribution in [2.45, 2.75) is 32.1 Å². The summed E-state index contributed by atoms with van der Waals surface area (Å²) in [4.78, 5) is 4.37. The van der Waals surface area contributed by atoms with Gasteiger partial charge < -0.3 is 10.3 Å². The molecule has 20 heavy (non-hydrogen) atoms. The van der Waals surface area contributed by atoms with Crippen LogP contribution in [-0.4, -0.2) is 16.7 Å². The standard InChI is InChI=1S/C14H17ClFN3O/c1-3-14(2,8-17)13-18-12(19-20-13)6-9-4-5-10(16)7-11(9)15/h4-5,7H,3,6,8,17H2,1-2H3. The van der Waals surface area contributed by atoms with Crippen LogP contribution in [0.25, 0.3) is 0 Å². The molecule has 6 heteroatoms. The largest absolute Gasteiger partial charge is 0.339 e. The van der Waals surface area contributed by atoms with Crippen molar-refractivity contribution < 1.29 is 8.91 Å². The van der Waals surface area contributed by atoms with E-state index >= 15 is 0 Å². The Morgan fingerprint density at radius 1 is 1.45 bits per heavy atom. The molecule has 0 saturated heterocycles. The highest BCUT2D eigenvalue weighted by atomic mass is 35.5. The van der Waals surface area contributed by atoms with E-state index in [9.17, 15) is 4.39 Å². The molecule has 0 amide bonds. The minimum absolute atomic E-state index is 0.322. The van der Waals surface area contributed by atoms with E-state index in [4.69, 9.17) is 21.9 Å². The normalized spacial score (nSPS) is 14.2. The molecule has 0 fully saturated rings. The summed E-state index contributed by atoms with van der Waals surface area (Å²) in [5.41, 5.74) is 6.20. The Kier molecular flexibility index (Phi) is 4.40. The summed E-state index contributed by atoms with van der Waals surface area (Å²) < 4.78 is 18.3. The maximum atomic E-state index is 13.0. The lowest BCUT2D eigenvalue weighted by atomic mass is 9.88. The third-order valence-electron chi connectivity index (χ3n) is 3.58. The molecule has 108 valence electrons. The van der Waals surface area contributed by atoms with Crippen LogP contribution in [0.15, 0.2) is 22.7 Å². The average Bonchev–Trinajstić information content (AvgIpc) is 2.90. The number of nitrogens with two attached hydrogens (primary N) is 1. The second-order valence-corrected chi connectivity index (χ2v) is 5.45. The highest BCUT2D eigenvalue weighted by molar-refractivity contribution is 6.31. The summed E-state index contributed by atoms with van der Waals surface area (Å²) in [6.07, 6.45) is 1.20. The molecule has 1 atom stereocenters. The first kappa shape index (κ1) is 14.9. The number of nitrogens with zero attached hydrogens (tertiary/aromatic N) is 2. The van der Waals surface area contributed by atoms with E-state index in [0.29, 0.717) is 29.7 Å². The Morgan fingerprint density at radius 2 is 2.20 bits per heavy atom. The Labute approximate surface area is 122 Å². The molecule has 4 nitrogen and oxygen atoms in total. The molecule has 0 aliphatic heterocycles. The number of rotatable bonds is 5. The molecule has 2 rings (SSSR count). The maximum absolute atomic E-state index is 13.0. The summed E-state index contributed by atoms with van der Waals surface area (Å²) in [5.74, 6) is 0.673. The van der Waals surface area contributed by atoms with Gasteiger partial charge in [0, 0.05) is 18.0 Å². The smallest absolute Gasteiger partial charge is 0.233 e. The van der Waals surface area contributed by atoms with Crippen molar-refractivity contribution in [1.29, 1.82) is 0 Å². The van der Waals surface area contributed by atoms with Crippen LogP contribution in [0.3, 0.4) is 0 Å². The van der Waals surface area contributed by atoms with Crippen LogP contribution < -0.4 is 5.73 Å². The quantitative estimate of drug-likeness (QED) is 0.921. The SMILES string of the molecule is CCC(C)(CN)c1nc(Cc2ccc(F)cc2Cl)no1. The number of hydrogen-bond acceptors (Lipinski definition) is 4. The van der Waals surface area contributed by atoms with Crippen molar-refractivity contribution in [1.82, 2.24) is 10.1 Å². The molecule has 1 unspecified atom stereocenters. The Balaban J connectivity index is 2.21. The molecule has 0 saturated carbocycles. The zero-order valence-corrected chi connectivity index (χ0v) is 12.2. The van der Waals surface area contributed by atoms with E-state index in [2.05, 4.69) is 10.1 Å². The molecule has 2 N–H and O–H groups in total. The first-order valence-corrected chi connectivity index (χ1v) is 6.83. The lowest BCUT2D eigenvalue weighted by Gasteiger charge is -2.20. The van der Waals surface area contributed by atoms with Crippen molar-refractivity contribution in [3.63, 3.8) is 0 Å². The zero-order valence-electron chi connectivity index (χ0n) is 11.5. The molecular formula is C14H17ClFN3O. The van der Waals surface area contributed by atoms with Crippen molar-refractivity contribution >= 4 is 11.6 Å². The monoisotopic (exact) mass is 297 g/mol. The van der Waals surface area contributed by atoms with Gasteiger partial charge in [-0.15, -0.1) is 0 Å². The van der Waals surface area contributed by atoms with E-state index < -0.39 is 0 Å². The highest BCUT2D eigenvalue weighted by Crippen LogP contribution is 2.25. The Morgan fingerprint density at radius 3 is 2.80 bits per heavy atom. The number of benzene rings is 1. The van der Waals surface area contributed by atoms with E-state index in [1.165, 1.54) is 12.1 Å². The summed E-state index contributed by atoms with van der Waals surface area (Å²) >= 11 is 5.98. The predicted octanol–water partition coefficient (Wildman–Crippen LogP) is 3.08. The minimum Gasteiger partial charge on any atom is -0.339 e. The van der Waals surface area contributed by atoms with E-state index in [-0.39, 0.29) is 11.2 Å². The van der Waals surface area contributed by atoms with Gasteiger partial charge in [0.1, 0.15) is 5.82 Å². The second-order valence-electron chi connectivity index (χ2n) is 5.05. The van der Waals surface area contributed by atoms with Gasteiger partial charge in [-0.2, -0.15) is 4.98 Å². The Bertz CT molecular complexity index is 596. The topological polar surface area (TPSA) is 64.9 Å². The molecule has 0 aliphatic carbocycles. The molecule has 0 bridgehead atoms. The van der Waals surface area contributed by atoms with Gasteiger partial charge in [-0.25, -0.2) is 4.39 Å². The van der Waals surface area contributed by atoms with Crippen LogP contribution >= 0.6 is 11.6 Å². The van der Waals surface area contributed by atoms with Crippen LogP contribution in [-0.2, 0) is 11.8 Å². The van der Waals surface area contributed by atoms with Crippen LogP contribution in [0, 0.1) is 5.82 Å². The predicted molar refractivity (Wildman–Crippen MR) is 75.2 cm³/mol. The van der Waals surface area contributed by atoms with Crippen molar-refractivity contribution in [3.05, 3.63) is 46.3 Å². The zero-order chi connectivity index (χ0) is 14.8. The fourth-order valence-electron chi connectivity index (χ4n) is 1.79. The minimum atomic E-state index is -0.366. The number of halogens is 2. The van der Waals surface area contributed by atoms with Gasteiger partial charge in [-0.3, -0.25) is 0 Å². The third kappa shape index (κ3) is 2.99. The molecule has 1 aromatic carbocycles. The van der Waals surface area contributed by atoms with Gasteiger partial charge in [0.15, 0.2) is 5.82 Å². The fraction of sp³-hybridized carbons (Fsp3) is 0.429. The van der Waals surface area contributed by atoms with Gasteiger partial charge in [0.25, 0.3) is 0 Å². The summed E-state index contributed by atoms with van der Waals surface area (Å²) in [5, 5.41) is 4.30. The molecule has 1 heterocycles. The molecule has 0 aliphatic rings. The van der Waals surface area contributed by atoms with Gasteiger partial charge in [0.2, 0.25) is 5.89 Å². The summed E-state index contributed by atoms with van der Waals surface area (Å²) in [6.45, 7) is 4.44. The van der Waals surface area contributed by atoms with Gasteiger partial charge in [-0.1, -0.05) is 29.7 Å². The third-order valence-corrected chi connectivity index (χ3v) is 3.93. The molecular weight excluding hydrogens is 281 g/mol. The van der Waals surface area contributed by atoms with Gasteiger partial charge >= 0.3 is 0 Å². The first-order valence-electron chi connectivity index (χ1n) is 6.45. The maximum Gasteiger partial charge on any atom is 0.233 e. The highest BCUT2D eigenvalue weighted by Gasteiger charge is 2.29.